The first-order chi connectivity index (χ1) is 12.4. The van der Waals surface area contributed by atoms with Crippen LogP contribution in [0.1, 0.15) is 13.8 Å². The molecule has 144 valence electrons. The van der Waals surface area contributed by atoms with E-state index >= 15 is 0 Å². The molecule has 8 heteroatoms. The van der Waals surface area contributed by atoms with Gasteiger partial charge in [-0.2, -0.15) is 0 Å². The zero-order chi connectivity index (χ0) is 18.8. The zero-order valence-corrected chi connectivity index (χ0v) is 15.6. The lowest BCUT2D eigenvalue weighted by atomic mass is 10.0. The van der Waals surface area contributed by atoms with E-state index in [1.165, 1.54) is 6.08 Å². The third kappa shape index (κ3) is 4.84. The summed E-state index contributed by atoms with van der Waals surface area (Å²) in [5.74, 6) is 0.0485. The van der Waals surface area contributed by atoms with Crippen molar-refractivity contribution in [2.24, 2.45) is 11.5 Å². The van der Waals surface area contributed by atoms with Crippen molar-refractivity contribution in [1.82, 2.24) is 14.7 Å². The topological polar surface area (TPSA) is 104 Å². The molecular weight excluding hydrogens is 334 g/mol. The van der Waals surface area contributed by atoms with E-state index in [1.807, 2.05) is 28.5 Å². The molecule has 3 fully saturated rings. The number of allylic oxidation sites excluding steroid dienone is 1. The van der Waals surface area contributed by atoms with E-state index in [1.54, 1.807) is 0 Å². The SMILES string of the molecule is CC(N)COCC(C)N.O=C1C=C(N2CC2)C(=O)C(N2CC2)=C1N1CC1. The highest BCUT2D eigenvalue weighted by molar-refractivity contribution is 6.22. The molecule has 0 aromatic heterocycles. The first kappa shape index (κ1) is 18.9. The van der Waals surface area contributed by atoms with Gasteiger partial charge in [0.15, 0.2) is 0 Å². The molecule has 1 aliphatic carbocycles. The number of nitrogens with zero attached hydrogens (tertiary/aromatic N) is 3. The largest absolute Gasteiger partial charge is 0.378 e. The van der Waals surface area contributed by atoms with E-state index in [4.69, 9.17) is 16.2 Å². The Morgan fingerprint density at radius 2 is 1.35 bits per heavy atom. The molecule has 0 bridgehead atoms. The van der Waals surface area contributed by atoms with Crippen molar-refractivity contribution < 1.29 is 14.3 Å². The van der Waals surface area contributed by atoms with E-state index in [0.29, 0.717) is 30.3 Å². The van der Waals surface area contributed by atoms with Crippen LogP contribution in [0.3, 0.4) is 0 Å². The Bertz CT molecular complexity index is 621. The Hall–Kier alpha value is -1.90. The van der Waals surface area contributed by atoms with E-state index in [9.17, 15) is 9.59 Å². The molecule has 4 aliphatic rings. The van der Waals surface area contributed by atoms with Crippen molar-refractivity contribution in [2.45, 2.75) is 25.9 Å². The second-order valence-corrected chi connectivity index (χ2v) is 7.37. The van der Waals surface area contributed by atoms with E-state index in [-0.39, 0.29) is 23.7 Å². The number of Topliss-reactive ketones (excluding diaryl/α,β-unsaturated/α-hetero) is 1. The summed E-state index contributed by atoms with van der Waals surface area (Å²) in [5, 5.41) is 0. The van der Waals surface area contributed by atoms with Crippen molar-refractivity contribution in [3.8, 4) is 0 Å². The summed E-state index contributed by atoms with van der Waals surface area (Å²) in [5.41, 5.74) is 12.7. The van der Waals surface area contributed by atoms with Crippen LogP contribution in [0.4, 0.5) is 0 Å². The molecule has 8 nitrogen and oxygen atoms in total. The number of ether oxygens (including phenoxy) is 1. The minimum absolute atomic E-state index is 0.00546. The van der Waals surface area contributed by atoms with Crippen LogP contribution >= 0.6 is 0 Å². The number of carbonyl (C=O) groups is 2. The molecule has 4 rings (SSSR count). The molecule has 0 amide bonds. The predicted molar refractivity (Wildman–Crippen MR) is 98.0 cm³/mol. The number of carbonyl (C=O) groups excluding carboxylic acids is 2. The van der Waals surface area contributed by atoms with Gasteiger partial charge in [0.2, 0.25) is 11.6 Å². The van der Waals surface area contributed by atoms with Crippen LogP contribution in [0, 0.1) is 0 Å². The first-order valence-corrected chi connectivity index (χ1v) is 9.27. The molecule has 2 unspecified atom stereocenters. The lowest BCUT2D eigenvalue weighted by Crippen LogP contribution is -2.29. The molecule has 0 saturated carbocycles. The van der Waals surface area contributed by atoms with Crippen molar-refractivity contribution in [2.75, 3.05) is 52.5 Å². The maximum Gasteiger partial charge on any atom is 0.227 e. The van der Waals surface area contributed by atoms with Crippen molar-refractivity contribution in [3.05, 3.63) is 23.2 Å². The highest BCUT2D eigenvalue weighted by Crippen LogP contribution is 2.33. The standard InChI is InChI=1S/C12H13N3O2.C6H16N2O/c16-9-7-8(13-1-2-13)12(17)11(15-5-6-15)10(9)14-3-4-14;1-5(7)3-9-4-6(2)8/h7H,1-6H2;5-6H,3-4,7-8H2,1-2H3. The van der Waals surface area contributed by atoms with Gasteiger partial charge in [-0.3, -0.25) is 9.59 Å². The monoisotopic (exact) mass is 363 g/mol. The fourth-order valence-electron chi connectivity index (χ4n) is 2.72. The Morgan fingerprint density at radius 3 is 1.77 bits per heavy atom. The van der Waals surface area contributed by atoms with E-state index < -0.39 is 0 Å². The van der Waals surface area contributed by atoms with Gasteiger partial charge in [-0.15, -0.1) is 0 Å². The molecule has 3 aliphatic heterocycles. The van der Waals surface area contributed by atoms with Crippen molar-refractivity contribution in [1.29, 1.82) is 0 Å². The average molecular weight is 363 g/mol. The molecule has 3 saturated heterocycles. The maximum absolute atomic E-state index is 12.4. The van der Waals surface area contributed by atoms with Gasteiger partial charge in [0.05, 0.1) is 18.9 Å². The second kappa shape index (κ2) is 7.77. The van der Waals surface area contributed by atoms with Gasteiger partial charge in [0.25, 0.3) is 0 Å². The Kier molecular flexibility index (Phi) is 5.64. The summed E-state index contributed by atoms with van der Waals surface area (Å²) in [4.78, 5) is 30.5. The maximum atomic E-state index is 12.4. The molecule has 0 aromatic rings. The summed E-state index contributed by atoms with van der Waals surface area (Å²) in [6.45, 7) is 10.4. The van der Waals surface area contributed by atoms with Gasteiger partial charge in [-0.05, 0) is 13.8 Å². The van der Waals surface area contributed by atoms with Gasteiger partial charge >= 0.3 is 0 Å². The molecular formula is C18H29N5O3. The van der Waals surface area contributed by atoms with Gasteiger partial charge in [0, 0.05) is 57.4 Å². The minimum atomic E-state index is 0.00546. The summed E-state index contributed by atoms with van der Waals surface area (Å²) < 4.78 is 5.11. The van der Waals surface area contributed by atoms with Crippen LogP contribution < -0.4 is 11.5 Å². The minimum Gasteiger partial charge on any atom is -0.378 e. The van der Waals surface area contributed by atoms with Crippen LogP contribution in [0.5, 0.6) is 0 Å². The molecule has 26 heavy (non-hydrogen) atoms. The van der Waals surface area contributed by atoms with Crippen LogP contribution in [-0.4, -0.2) is 90.8 Å². The Morgan fingerprint density at radius 1 is 0.885 bits per heavy atom. The van der Waals surface area contributed by atoms with Crippen LogP contribution in [-0.2, 0) is 14.3 Å². The highest BCUT2D eigenvalue weighted by Gasteiger charge is 2.43. The molecule has 2 atom stereocenters. The third-order valence-electron chi connectivity index (χ3n) is 4.25. The zero-order valence-electron chi connectivity index (χ0n) is 15.6. The summed E-state index contributed by atoms with van der Waals surface area (Å²) in [7, 11) is 0. The Balaban J connectivity index is 0.000000188. The van der Waals surface area contributed by atoms with Crippen LogP contribution in [0.25, 0.3) is 0 Å². The fourth-order valence-corrected chi connectivity index (χ4v) is 2.72. The normalized spacial score (nSPS) is 23.4. The quantitative estimate of drug-likeness (QED) is 0.433. The fraction of sp³-hybridized carbons (Fsp3) is 0.667. The number of nitrogens with two attached hydrogens (primary N) is 2. The van der Waals surface area contributed by atoms with Crippen molar-refractivity contribution >= 4 is 11.6 Å². The van der Waals surface area contributed by atoms with Crippen LogP contribution in [0.2, 0.25) is 0 Å². The summed E-state index contributed by atoms with van der Waals surface area (Å²) in [6, 6.07) is 0.229. The Labute approximate surface area is 154 Å². The molecule has 3 heterocycles. The van der Waals surface area contributed by atoms with Gasteiger partial charge in [0.1, 0.15) is 11.4 Å². The predicted octanol–water partition coefficient (Wildman–Crippen LogP) is -1.12. The highest BCUT2D eigenvalue weighted by atomic mass is 16.5. The van der Waals surface area contributed by atoms with Crippen molar-refractivity contribution in [3.63, 3.8) is 0 Å². The first-order valence-electron chi connectivity index (χ1n) is 9.27. The van der Waals surface area contributed by atoms with E-state index in [2.05, 4.69) is 0 Å². The number of hydrogen-bond donors (Lipinski definition) is 2. The smallest absolute Gasteiger partial charge is 0.227 e. The molecule has 0 aromatic carbocycles. The number of ketones is 2. The van der Waals surface area contributed by atoms with Gasteiger partial charge in [-0.25, -0.2) is 0 Å². The second-order valence-electron chi connectivity index (χ2n) is 7.37. The average Bonchev–Trinajstić information content (AvgIpc) is 3.42. The third-order valence-corrected chi connectivity index (χ3v) is 4.25. The van der Waals surface area contributed by atoms with E-state index in [0.717, 1.165) is 39.3 Å². The van der Waals surface area contributed by atoms with Gasteiger partial charge < -0.3 is 30.9 Å². The summed E-state index contributed by atoms with van der Waals surface area (Å²) in [6.07, 6.45) is 1.52. The molecule has 4 N–H and O–H groups in total. The molecule has 0 spiro atoms. The number of hydrogen-bond acceptors (Lipinski definition) is 8. The molecule has 0 radical (unpaired) electrons. The van der Waals surface area contributed by atoms with Crippen LogP contribution in [0.15, 0.2) is 23.2 Å². The lowest BCUT2D eigenvalue weighted by Gasteiger charge is -2.21. The summed E-state index contributed by atoms with van der Waals surface area (Å²) >= 11 is 0. The number of rotatable bonds is 7. The lowest BCUT2D eigenvalue weighted by molar-refractivity contribution is -0.117. The van der Waals surface area contributed by atoms with Gasteiger partial charge in [-0.1, -0.05) is 0 Å².